The Morgan fingerprint density at radius 3 is 2.33 bits per heavy atom. The molecule has 0 heterocycles. The third-order valence-corrected chi connectivity index (χ3v) is 2.03. The van der Waals surface area contributed by atoms with Gasteiger partial charge in [0.2, 0.25) is 0 Å². The van der Waals surface area contributed by atoms with Crippen LogP contribution in [-0.2, 0) is 4.74 Å². The molecule has 18 heavy (non-hydrogen) atoms. The molecular weight excluding hydrogens is 241 g/mol. The molecule has 0 saturated carbocycles. The average Bonchev–Trinajstić information content (AvgIpc) is 2.13. The van der Waals surface area contributed by atoms with Crippen molar-refractivity contribution in [1.29, 1.82) is 0 Å². The minimum Gasteiger partial charge on any atom is -0.478 e. The average molecular weight is 255 g/mol. The smallest absolute Gasteiger partial charge is 0.340 e. The summed E-state index contributed by atoms with van der Waals surface area (Å²) >= 11 is 0. The quantitative estimate of drug-likeness (QED) is 0.623. The van der Waals surface area contributed by atoms with Crippen molar-refractivity contribution in [2.45, 2.75) is 26.4 Å². The Labute approximate surface area is 103 Å². The third kappa shape index (κ3) is 2.97. The lowest BCUT2D eigenvalue weighted by molar-refractivity contribution is 0.00707. The predicted octanol–water partition coefficient (Wildman–Crippen LogP) is 2.06. The lowest BCUT2D eigenvalue weighted by Gasteiger charge is -2.20. The maximum absolute atomic E-state index is 13.3. The van der Waals surface area contributed by atoms with Crippen LogP contribution in [-0.4, -0.2) is 22.6 Å². The van der Waals surface area contributed by atoms with Crippen molar-refractivity contribution in [2.24, 2.45) is 0 Å². The number of ether oxygens (including phenoxy) is 1. The number of anilines is 1. The van der Waals surface area contributed by atoms with Crippen LogP contribution in [0.4, 0.5) is 10.1 Å². The van der Waals surface area contributed by atoms with E-state index in [-0.39, 0.29) is 5.56 Å². The lowest BCUT2D eigenvalue weighted by Crippen LogP contribution is -2.25. The Morgan fingerprint density at radius 1 is 1.33 bits per heavy atom. The Kier molecular flexibility index (Phi) is 3.59. The molecule has 0 amide bonds. The molecule has 0 spiro atoms. The van der Waals surface area contributed by atoms with Crippen molar-refractivity contribution in [3.05, 3.63) is 29.1 Å². The van der Waals surface area contributed by atoms with E-state index in [1.807, 2.05) is 0 Å². The van der Waals surface area contributed by atoms with Gasteiger partial charge in [-0.25, -0.2) is 14.0 Å². The highest BCUT2D eigenvalue weighted by molar-refractivity contribution is 6.03. The van der Waals surface area contributed by atoms with Gasteiger partial charge in [0.05, 0.1) is 11.3 Å². The number of carboxylic acid groups (broad SMARTS) is 1. The zero-order valence-corrected chi connectivity index (χ0v) is 10.3. The molecule has 0 saturated heterocycles. The second-order valence-electron chi connectivity index (χ2n) is 4.69. The predicted molar refractivity (Wildman–Crippen MR) is 62.9 cm³/mol. The summed E-state index contributed by atoms with van der Waals surface area (Å²) in [5.74, 6) is -3.31. The molecule has 0 aliphatic rings. The number of aromatic carboxylic acids is 1. The number of rotatable bonds is 2. The van der Waals surface area contributed by atoms with Crippen LogP contribution in [0.1, 0.15) is 41.5 Å². The molecule has 0 bridgehead atoms. The molecule has 1 aromatic rings. The number of hydrogen-bond donors (Lipinski definition) is 2. The highest BCUT2D eigenvalue weighted by atomic mass is 19.1. The Bertz CT molecular complexity index is 506. The molecule has 0 atom stereocenters. The number of carboxylic acids is 1. The van der Waals surface area contributed by atoms with E-state index in [2.05, 4.69) is 0 Å². The van der Waals surface area contributed by atoms with Crippen LogP contribution in [0.2, 0.25) is 0 Å². The van der Waals surface area contributed by atoms with Gasteiger partial charge < -0.3 is 15.6 Å². The molecule has 0 aromatic heterocycles. The van der Waals surface area contributed by atoms with E-state index in [4.69, 9.17) is 15.6 Å². The van der Waals surface area contributed by atoms with E-state index >= 15 is 0 Å². The topological polar surface area (TPSA) is 89.6 Å². The van der Waals surface area contributed by atoms with Crippen LogP contribution >= 0.6 is 0 Å². The van der Waals surface area contributed by atoms with Crippen molar-refractivity contribution in [3.8, 4) is 0 Å². The van der Waals surface area contributed by atoms with E-state index in [0.29, 0.717) is 0 Å². The van der Waals surface area contributed by atoms with Gasteiger partial charge >= 0.3 is 11.9 Å². The lowest BCUT2D eigenvalue weighted by atomic mass is 10.1. The number of hydrogen-bond acceptors (Lipinski definition) is 4. The van der Waals surface area contributed by atoms with Crippen molar-refractivity contribution < 1.29 is 23.8 Å². The van der Waals surface area contributed by atoms with Crippen LogP contribution in [0.3, 0.4) is 0 Å². The Balaban J connectivity index is 3.24. The van der Waals surface area contributed by atoms with E-state index in [1.165, 1.54) is 0 Å². The minimum absolute atomic E-state index is 0.163. The first-order valence-electron chi connectivity index (χ1n) is 5.18. The molecule has 3 N–H and O–H groups in total. The highest BCUT2D eigenvalue weighted by Gasteiger charge is 2.24. The van der Waals surface area contributed by atoms with Gasteiger partial charge in [0.15, 0.2) is 0 Å². The summed E-state index contributed by atoms with van der Waals surface area (Å²) < 4.78 is 18.3. The fraction of sp³-hybridized carbons (Fsp3) is 0.333. The highest BCUT2D eigenvalue weighted by Crippen LogP contribution is 2.23. The minimum atomic E-state index is -1.53. The molecular formula is C12H14FNO4. The second-order valence-corrected chi connectivity index (χ2v) is 4.69. The molecule has 98 valence electrons. The first kappa shape index (κ1) is 14.0. The number of carbonyl (C=O) groups excluding carboxylic acids is 1. The molecule has 1 rings (SSSR count). The standard InChI is InChI=1S/C12H14FNO4/c1-12(2,3)18-11(17)6-4-5-7(13)8(9(6)14)10(15)16/h4-5H,14H2,1-3H3,(H,15,16). The summed E-state index contributed by atoms with van der Waals surface area (Å²) in [7, 11) is 0. The molecule has 6 heteroatoms. The van der Waals surface area contributed by atoms with Gasteiger partial charge in [-0.2, -0.15) is 0 Å². The molecule has 0 radical (unpaired) electrons. The molecule has 0 aliphatic heterocycles. The van der Waals surface area contributed by atoms with E-state index < -0.39 is 34.6 Å². The Hall–Kier alpha value is -2.11. The number of nitrogens with two attached hydrogens (primary N) is 1. The summed E-state index contributed by atoms with van der Waals surface area (Å²) in [6.45, 7) is 4.97. The van der Waals surface area contributed by atoms with E-state index in [1.54, 1.807) is 20.8 Å². The van der Waals surface area contributed by atoms with Crippen LogP contribution in [0, 0.1) is 5.82 Å². The second kappa shape index (κ2) is 4.64. The van der Waals surface area contributed by atoms with Crippen molar-refractivity contribution in [1.82, 2.24) is 0 Å². The van der Waals surface area contributed by atoms with Crippen molar-refractivity contribution in [2.75, 3.05) is 5.73 Å². The summed E-state index contributed by atoms with van der Waals surface area (Å²) in [6.07, 6.45) is 0. The number of halogens is 1. The van der Waals surface area contributed by atoms with E-state index in [0.717, 1.165) is 12.1 Å². The van der Waals surface area contributed by atoms with Crippen LogP contribution in [0.5, 0.6) is 0 Å². The maximum Gasteiger partial charge on any atom is 0.340 e. The molecule has 0 unspecified atom stereocenters. The largest absolute Gasteiger partial charge is 0.478 e. The Morgan fingerprint density at radius 2 is 1.89 bits per heavy atom. The van der Waals surface area contributed by atoms with Gasteiger partial charge in [-0.15, -0.1) is 0 Å². The van der Waals surface area contributed by atoms with Crippen LogP contribution in [0.15, 0.2) is 12.1 Å². The third-order valence-electron chi connectivity index (χ3n) is 2.03. The molecule has 0 aliphatic carbocycles. The summed E-state index contributed by atoms with van der Waals surface area (Å²) in [6, 6.07) is 1.98. The first-order chi connectivity index (χ1) is 8.13. The fourth-order valence-corrected chi connectivity index (χ4v) is 1.32. The summed E-state index contributed by atoms with van der Waals surface area (Å²) in [5.41, 5.74) is 3.41. The number of esters is 1. The van der Waals surface area contributed by atoms with Gasteiger partial charge in [0.25, 0.3) is 0 Å². The summed E-state index contributed by atoms with van der Waals surface area (Å²) in [4.78, 5) is 22.6. The van der Waals surface area contributed by atoms with Gasteiger partial charge in [0, 0.05) is 0 Å². The van der Waals surface area contributed by atoms with E-state index in [9.17, 15) is 14.0 Å². The first-order valence-corrected chi connectivity index (χ1v) is 5.18. The maximum atomic E-state index is 13.3. The van der Waals surface area contributed by atoms with Gasteiger partial charge in [-0.3, -0.25) is 0 Å². The summed E-state index contributed by atoms with van der Waals surface area (Å²) in [5, 5.41) is 8.81. The van der Waals surface area contributed by atoms with Crippen molar-refractivity contribution in [3.63, 3.8) is 0 Å². The SMILES string of the molecule is CC(C)(C)OC(=O)c1ccc(F)c(C(=O)O)c1N. The normalized spacial score (nSPS) is 11.1. The molecule has 1 aromatic carbocycles. The van der Waals surface area contributed by atoms with Crippen LogP contribution < -0.4 is 5.73 Å². The fourth-order valence-electron chi connectivity index (χ4n) is 1.32. The zero-order valence-electron chi connectivity index (χ0n) is 10.3. The number of nitrogen functional groups attached to an aromatic ring is 1. The monoisotopic (exact) mass is 255 g/mol. The molecule has 5 nitrogen and oxygen atoms in total. The van der Waals surface area contributed by atoms with Crippen LogP contribution in [0.25, 0.3) is 0 Å². The van der Waals surface area contributed by atoms with Gasteiger partial charge in [-0.05, 0) is 32.9 Å². The van der Waals surface area contributed by atoms with Gasteiger partial charge in [0.1, 0.15) is 17.0 Å². The van der Waals surface area contributed by atoms with Gasteiger partial charge in [-0.1, -0.05) is 0 Å². The number of carbonyl (C=O) groups is 2. The number of benzene rings is 1. The zero-order chi connectivity index (χ0) is 14.1. The molecule has 0 fully saturated rings. The van der Waals surface area contributed by atoms with Crippen molar-refractivity contribution >= 4 is 17.6 Å².